The highest BCUT2D eigenvalue weighted by Gasteiger charge is 2.51. The fourth-order valence-corrected chi connectivity index (χ4v) is 2.50. The van der Waals surface area contributed by atoms with Crippen molar-refractivity contribution in [2.24, 2.45) is 0 Å². The normalized spacial score (nSPS) is 19.1. The van der Waals surface area contributed by atoms with Crippen molar-refractivity contribution in [1.82, 2.24) is 0 Å². The molecule has 0 aliphatic carbocycles. The second-order valence-corrected chi connectivity index (χ2v) is 7.06. The fourth-order valence-electron chi connectivity index (χ4n) is 2.50. The van der Waals surface area contributed by atoms with Crippen LogP contribution >= 0.6 is 0 Å². The van der Waals surface area contributed by atoms with Gasteiger partial charge in [-0.2, -0.15) is 0 Å². The van der Waals surface area contributed by atoms with Crippen molar-refractivity contribution < 1.29 is 14.1 Å². The smallest absolute Gasteiger partial charge is 0.403 e. The Morgan fingerprint density at radius 2 is 1.50 bits per heavy atom. The maximum Gasteiger partial charge on any atom is 0.462 e. The number of Topliss-reactive ketones (excluding diaryl/α,β-unsaturated/α-hetero) is 1. The third-order valence-electron chi connectivity index (χ3n) is 4.59. The largest absolute Gasteiger partial charge is 0.462 e. The molecule has 1 heterocycles. The minimum absolute atomic E-state index is 0.0512. The van der Waals surface area contributed by atoms with Gasteiger partial charge in [0.05, 0.1) is 11.2 Å². The van der Waals surface area contributed by atoms with Gasteiger partial charge in [0.2, 0.25) is 0 Å². The van der Waals surface area contributed by atoms with Crippen LogP contribution in [0.1, 0.15) is 51.9 Å². The summed E-state index contributed by atoms with van der Waals surface area (Å²) >= 11 is 0. The number of rotatable bonds is 4. The van der Waals surface area contributed by atoms with Crippen LogP contribution in [0.3, 0.4) is 0 Å². The number of hydrogen-bond acceptors (Lipinski definition) is 3. The summed E-state index contributed by atoms with van der Waals surface area (Å²) in [4.78, 5) is 12.7. The Labute approximate surface area is 133 Å². The first-order chi connectivity index (χ1) is 10.1. The van der Waals surface area contributed by atoms with Gasteiger partial charge in [-0.05, 0) is 47.1 Å². The van der Waals surface area contributed by atoms with Gasteiger partial charge in [-0.15, -0.1) is 0 Å². The number of allylic oxidation sites excluding steroid dienone is 2. The van der Waals surface area contributed by atoms with Crippen molar-refractivity contribution in [3.63, 3.8) is 0 Å². The van der Waals surface area contributed by atoms with Crippen molar-refractivity contribution in [1.29, 1.82) is 0 Å². The van der Waals surface area contributed by atoms with E-state index in [1.165, 1.54) is 0 Å². The second-order valence-electron chi connectivity index (χ2n) is 7.06. The van der Waals surface area contributed by atoms with Crippen LogP contribution in [0, 0.1) is 0 Å². The molecule has 0 radical (unpaired) electrons. The molecule has 0 atom stereocenters. The maximum absolute atomic E-state index is 12.7. The van der Waals surface area contributed by atoms with Crippen LogP contribution in [0.25, 0.3) is 0 Å². The summed E-state index contributed by atoms with van der Waals surface area (Å²) in [5, 5.41) is 0. The van der Waals surface area contributed by atoms with Crippen molar-refractivity contribution in [3.8, 4) is 0 Å². The first kappa shape index (κ1) is 17.0. The van der Waals surface area contributed by atoms with E-state index in [1.54, 1.807) is 0 Å². The average molecular weight is 300 g/mol. The summed E-state index contributed by atoms with van der Waals surface area (Å²) in [6, 6.07) is 9.35. The summed E-state index contributed by atoms with van der Waals surface area (Å²) in [6.07, 6.45) is 0.475. The van der Waals surface area contributed by atoms with Crippen LogP contribution in [0.5, 0.6) is 0 Å². The van der Waals surface area contributed by atoms with Gasteiger partial charge < -0.3 is 9.31 Å². The first-order valence-electron chi connectivity index (χ1n) is 7.76. The maximum atomic E-state index is 12.7. The number of benzene rings is 1. The predicted octanol–water partition coefficient (Wildman–Crippen LogP) is 4.30. The van der Waals surface area contributed by atoms with Gasteiger partial charge in [-0.25, -0.2) is 0 Å². The van der Waals surface area contributed by atoms with E-state index in [0.29, 0.717) is 11.9 Å². The molecule has 0 aromatic heterocycles. The molecular formula is C18H25BO3. The van der Waals surface area contributed by atoms with Crippen LogP contribution in [0.2, 0.25) is 6.32 Å². The van der Waals surface area contributed by atoms with Gasteiger partial charge in [0.15, 0.2) is 5.78 Å². The Morgan fingerprint density at radius 3 is 1.95 bits per heavy atom. The zero-order valence-corrected chi connectivity index (χ0v) is 14.4. The van der Waals surface area contributed by atoms with E-state index in [-0.39, 0.29) is 24.1 Å². The van der Waals surface area contributed by atoms with Crippen molar-refractivity contribution in [2.75, 3.05) is 0 Å². The molecule has 1 saturated heterocycles. The number of carbonyl (C=O) groups is 1. The second kappa shape index (κ2) is 6.02. The highest BCUT2D eigenvalue weighted by molar-refractivity contribution is 6.47. The van der Waals surface area contributed by atoms with Crippen molar-refractivity contribution >= 4 is 12.9 Å². The summed E-state index contributed by atoms with van der Waals surface area (Å²) < 4.78 is 12.0. The SMILES string of the molecule is CC(C)=C(CB1OC(C)(C)C(C)(C)O1)C(=O)c1ccccc1. The molecule has 0 spiro atoms. The fraction of sp³-hybridized carbons (Fsp3) is 0.500. The van der Waals surface area contributed by atoms with Gasteiger partial charge >= 0.3 is 7.12 Å². The molecule has 0 amide bonds. The summed E-state index contributed by atoms with van der Waals surface area (Å²) in [6.45, 7) is 12.0. The quantitative estimate of drug-likeness (QED) is 0.472. The third kappa shape index (κ3) is 3.34. The van der Waals surface area contributed by atoms with Crippen molar-refractivity contribution in [2.45, 2.75) is 59.1 Å². The molecule has 1 fully saturated rings. The van der Waals surface area contributed by atoms with E-state index in [9.17, 15) is 4.79 Å². The molecule has 4 heteroatoms. The van der Waals surface area contributed by atoms with E-state index < -0.39 is 0 Å². The summed E-state index contributed by atoms with van der Waals surface area (Å²) in [7, 11) is -0.387. The van der Waals surface area contributed by atoms with Crippen LogP contribution < -0.4 is 0 Å². The van der Waals surface area contributed by atoms with Crippen LogP contribution in [0.15, 0.2) is 41.5 Å². The minimum atomic E-state index is -0.387. The molecule has 0 unspecified atom stereocenters. The van der Waals surface area contributed by atoms with Gasteiger partial charge in [0.25, 0.3) is 0 Å². The molecular weight excluding hydrogens is 275 g/mol. The predicted molar refractivity (Wildman–Crippen MR) is 90.0 cm³/mol. The minimum Gasteiger partial charge on any atom is -0.403 e. The highest BCUT2D eigenvalue weighted by atomic mass is 16.7. The Hall–Kier alpha value is -1.39. The first-order valence-corrected chi connectivity index (χ1v) is 7.76. The molecule has 1 aromatic carbocycles. The summed E-state index contributed by atoms with van der Waals surface area (Å²) in [5.41, 5.74) is 1.73. The molecule has 22 heavy (non-hydrogen) atoms. The summed E-state index contributed by atoms with van der Waals surface area (Å²) in [5.74, 6) is 0.0512. The molecule has 3 nitrogen and oxygen atoms in total. The van der Waals surface area contributed by atoms with Gasteiger partial charge in [-0.3, -0.25) is 4.79 Å². The molecule has 2 rings (SSSR count). The lowest BCUT2D eigenvalue weighted by Gasteiger charge is -2.32. The zero-order valence-electron chi connectivity index (χ0n) is 14.4. The molecule has 0 bridgehead atoms. The van der Waals surface area contributed by atoms with Crippen LogP contribution in [-0.4, -0.2) is 24.1 Å². The molecule has 1 aliphatic heterocycles. The van der Waals surface area contributed by atoms with E-state index in [0.717, 1.165) is 11.1 Å². The number of hydrogen-bond donors (Lipinski definition) is 0. The van der Waals surface area contributed by atoms with Crippen molar-refractivity contribution in [3.05, 3.63) is 47.0 Å². The Bertz CT molecular complexity index is 568. The number of ketones is 1. The monoisotopic (exact) mass is 300 g/mol. The molecule has 0 saturated carbocycles. The van der Waals surface area contributed by atoms with Crippen LogP contribution in [-0.2, 0) is 9.31 Å². The van der Waals surface area contributed by atoms with E-state index in [1.807, 2.05) is 71.9 Å². The van der Waals surface area contributed by atoms with E-state index in [2.05, 4.69) is 0 Å². The van der Waals surface area contributed by atoms with Gasteiger partial charge in [-0.1, -0.05) is 35.9 Å². The van der Waals surface area contributed by atoms with Gasteiger partial charge in [0, 0.05) is 11.9 Å². The highest BCUT2D eigenvalue weighted by Crippen LogP contribution is 2.39. The third-order valence-corrected chi connectivity index (χ3v) is 4.59. The molecule has 1 aromatic rings. The molecule has 1 aliphatic rings. The Morgan fingerprint density at radius 1 is 1.00 bits per heavy atom. The lowest BCUT2D eigenvalue weighted by Crippen LogP contribution is -2.41. The number of carbonyl (C=O) groups excluding carboxylic acids is 1. The lowest BCUT2D eigenvalue weighted by atomic mass is 9.77. The van der Waals surface area contributed by atoms with E-state index >= 15 is 0 Å². The Balaban J connectivity index is 2.19. The van der Waals surface area contributed by atoms with E-state index in [4.69, 9.17) is 9.31 Å². The topological polar surface area (TPSA) is 35.5 Å². The van der Waals surface area contributed by atoms with Gasteiger partial charge in [0.1, 0.15) is 0 Å². The van der Waals surface area contributed by atoms with Crippen LogP contribution in [0.4, 0.5) is 0 Å². The Kier molecular flexibility index (Phi) is 4.64. The average Bonchev–Trinajstić information content (AvgIpc) is 2.64. The zero-order chi connectivity index (χ0) is 16.5. The standard InChI is InChI=1S/C18H25BO3/c1-13(2)15(16(20)14-10-8-7-9-11-14)12-19-21-17(3,4)18(5,6)22-19/h7-11H,12H2,1-6H3. The lowest BCUT2D eigenvalue weighted by molar-refractivity contribution is 0.00578. The molecule has 0 N–H and O–H groups in total. The molecule has 118 valence electrons.